The van der Waals surface area contributed by atoms with Gasteiger partial charge in [-0.3, -0.25) is 10.1 Å². The maximum Gasteiger partial charge on any atom is 0.354 e. The maximum absolute atomic E-state index is 10.8. The topological polar surface area (TPSA) is 115 Å². The third-order valence-corrected chi connectivity index (χ3v) is 2.56. The number of nitro groups is 1. The van der Waals surface area contributed by atoms with Crippen molar-refractivity contribution in [1.82, 2.24) is 4.98 Å². The fraction of sp³-hybridized carbons (Fsp3) is 0.400. The van der Waals surface area contributed by atoms with Crippen LogP contribution in [0.1, 0.15) is 16.9 Å². The molecule has 1 aromatic heterocycles. The molecular weight excluding hydrogens is 242 g/mol. The molecule has 1 fully saturated rings. The van der Waals surface area contributed by atoms with Crippen LogP contribution in [-0.4, -0.2) is 40.2 Å². The van der Waals surface area contributed by atoms with Gasteiger partial charge >= 0.3 is 11.7 Å². The average molecular weight is 253 g/mol. The van der Waals surface area contributed by atoms with Gasteiger partial charge in [-0.15, -0.1) is 0 Å². The number of pyridine rings is 1. The van der Waals surface area contributed by atoms with E-state index in [-0.39, 0.29) is 23.2 Å². The first-order chi connectivity index (χ1) is 8.58. The van der Waals surface area contributed by atoms with Gasteiger partial charge in [-0.1, -0.05) is 0 Å². The molecule has 0 aromatic carbocycles. The van der Waals surface area contributed by atoms with Crippen LogP contribution >= 0.6 is 0 Å². The zero-order valence-electron chi connectivity index (χ0n) is 9.33. The lowest BCUT2D eigenvalue weighted by Gasteiger charge is -2.11. The number of nitrogens with zero attached hydrogens (tertiary/aromatic N) is 2. The molecule has 0 aliphatic carbocycles. The van der Waals surface area contributed by atoms with Crippen LogP contribution in [0.5, 0.6) is 0 Å². The standard InChI is InChI=1S/C10H11N3O5/c14-10(15)7-1-2-8(13(16)17)9(12-7)11-6-3-4-18-5-6/h1-2,6H,3-5H2,(H,11,12)(H,14,15). The second kappa shape index (κ2) is 4.96. The van der Waals surface area contributed by atoms with Crippen molar-refractivity contribution in [2.45, 2.75) is 12.5 Å². The number of aromatic carboxylic acids is 1. The molecule has 0 saturated carbocycles. The number of anilines is 1. The maximum atomic E-state index is 10.8. The van der Waals surface area contributed by atoms with E-state index in [9.17, 15) is 14.9 Å². The van der Waals surface area contributed by atoms with Crippen molar-refractivity contribution in [2.75, 3.05) is 18.5 Å². The summed E-state index contributed by atoms with van der Waals surface area (Å²) < 4.78 is 5.13. The van der Waals surface area contributed by atoms with Crippen molar-refractivity contribution in [1.29, 1.82) is 0 Å². The van der Waals surface area contributed by atoms with E-state index in [0.29, 0.717) is 19.6 Å². The van der Waals surface area contributed by atoms with Crippen LogP contribution in [0.3, 0.4) is 0 Å². The summed E-state index contributed by atoms with van der Waals surface area (Å²) in [4.78, 5) is 24.8. The Kier molecular flexibility index (Phi) is 3.38. The largest absolute Gasteiger partial charge is 0.477 e. The van der Waals surface area contributed by atoms with Gasteiger partial charge in [0.1, 0.15) is 0 Å². The normalized spacial score (nSPS) is 18.6. The SMILES string of the molecule is O=C(O)c1ccc([N+](=O)[O-])c(NC2CCOC2)n1. The molecule has 0 spiro atoms. The van der Waals surface area contributed by atoms with E-state index in [1.165, 1.54) is 0 Å². The van der Waals surface area contributed by atoms with Gasteiger partial charge in [-0.05, 0) is 12.5 Å². The fourth-order valence-electron chi connectivity index (χ4n) is 1.67. The van der Waals surface area contributed by atoms with Crippen molar-refractivity contribution < 1.29 is 19.6 Å². The number of ether oxygens (including phenoxy) is 1. The second-order valence-corrected chi connectivity index (χ2v) is 3.83. The molecule has 1 saturated heterocycles. The van der Waals surface area contributed by atoms with Gasteiger partial charge in [0.05, 0.1) is 17.6 Å². The third kappa shape index (κ3) is 2.54. The molecule has 0 amide bonds. The Morgan fingerprint density at radius 3 is 2.94 bits per heavy atom. The quantitative estimate of drug-likeness (QED) is 0.604. The summed E-state index contributed by atoms with van der Waals surface area (Å²) in [6.07, 6.45) is 0.704. The monoisotopic (exact) mass is 253 g/mol. The highest BCUT2D eigenvalue weighted by molar-refractivity contribution is 5.86. The number of nitrogens with one attached hydrogen (secondary N) is 1. The number of carboxylic acids is 1. The summed E-state index contributed by atoms with van der Waals surface area (Å²) in [5, 5.41) is 22.5. The minimum absolute atomic E-state index is 0.0320. The minimum atomic E-state index is -1.23. The summed E-state index contributed by atoms with van der Waals surface area (Å²) in [7, 11) is 0. The Labute approximate surface area is 102 Å². The van der Waals surface area contributed by atoms with Crippen LogP contribution < -0.4 is 5.32 Å². The number of carbonyl (C=O) groups is 1. The van der Waals surface area contributed by atoms with Crippen molar-refractivity contribution >= 4 is 17.5 Å². The Hall–Kier alpha value is -2.22. The van der Waals surface area contributed by atoms with E-state index in [1.54, 1.807) is 0 Å². The highest BCUT2D eigenvalue weighted by atomic mass is 16.6. The Morgan fingerprint density at radius 1 is 1.61 bits per heavy atom. The number of hydrogen-bond donors (Lipinski definition) is 2. The fourth-order valence-corrected chi connectivity index (χ4v) is 1.67. The van der Waals surface area contributed by atoms with Crippen LogP contribution in [0.15, 0.2) is 12.1 Å². The van der Waals surface area contributed by atoms with Gasteiger partial charge < -0.3 is 15.2 Å². The van der Waals surface area contributed by atoms with Crippen LogP contribution in [-0.2, 0) is 4.74 Å². The van der Waals surface area contributed by atoms with Crippen molar-refractivity contribution in [3.63, 3.8) is 0 Å². The molecule has 8 heteroatoms. The van der Waals surface area contributed by atoms with Crippen molar-refractivity contribution in [2.24, 2.45) is 0 Å². The first-order valence-electron chi connectivity index (χ1n) is 5.31. The van der Waals surface area contributed by atoms with E-state index in [1.807, 2.05) is 0 Å². The highest BCUT2D eigenvalue weighted by Gasteiger charge is 2.23. The van der Waals surface area contributed by atoms with Crippen LogP contribution in [0.2, 0.25) is 0 Å². The molecule has 1 aliphatic rings. The molecule has 2 N–H and O–H groups in total. The van der Waals surface area contributed by atoms with Crippen molar-refractivity contribution in [3.05, 3.63) is 27.9 Å². The molecule has 1 atom stereocenters. The molecule has 8 nitrogen and oxygen atoms in total. The van der Waals surface area contributed by atoms with Crippen LogP contribution in [0.4, 0.5) is 11.5 Å². The summed E-state index contributed by atoms with van der Waals surface area (Å²) in [6, 6.07) is 2.16. The predicted octanol–water partition coefficient (Wildman–Crippen LogP) is 0.889. The van der Waals surface area contributed by atoms with E-state index < -0.39 is 10.9 Å². The van der Waals surface area contributed by atoms with Gasteiger partial charge in [0.2, 0.25) is 5.82 Å². The zero-order valence-corrected chi connectivity index (χ0v) is 9.33. The number of aromatic nitrogens is 1. The number of rotatable bonds is 4. The van der Waals surface area contributed by atoms with Gasteiger partial charge in [-0.2, -0.15) is 0 Å². The Bertz CT molecular complexity index is 484. The molecule has 1 unspecified atom stereocenters. The summed E-state index contributed by atoms with van der Waals surface area (Å²) >= 11 is 0. The molecule has 1 aliphatic heterocycles. The van der Waals surface area contributed by atoms with E-state index >= 15 is 0 Å². The molecule has 18 heavy (non-hydrogen) atoms. The first kappa shape index (κ1) is 12.2. The number of hydrogen-bond acceptors (Lipinski definition) is 6. The molecule has 1 aromatic rings. The molecule has 2 heterocycles. The first-order valence-corrected chi connectivity index (χ1v) is 5.31. The van der Waals surface area contributed by atoms with Gasteiger partial charge in [-0.25, -0.2) is 9.78 Å². The lowest BCUT2D eigenvalue weighted by molar-refractivity contribution is -0.384. The predicted molar refractivity (Wildman–Crippen MR) is 60.7 cm³/mol. The number of carboxylic acid groups (broad SMARTS) is 1. The Morgan fingerprint density at radius 2 is 2.39 bits per heavy atom. The van der Waals surface area contributed by atoms with E-state index in [0.717, 1.165) is 12.1 Å². The van der Waals surface area contributed by atoms with E-state index in [4.69, 9.17) is 9.84 Å². The Balaban J connectivity index is 2.30. The summed E-state index contributed by atoms with van der Waals surface area (Å²) in [5.41, 5.74) is -0.478. The zero-order chi connectivity index (χ0) is 13.1. The van der Waals surface area contributed by atoms with Gasteiger partial charge in [0, 0.05) is 12.7 Å². The van der Waals surface area contributed by atoms with Crippen molar-refractivity contribution in [3.8, 4) is 0 Å². The summed E-state index contributed by atoms with van der Waals surface area (Å²) in [5.74, 6) is -1.26. The molecular formula is C10H11N3O5. The lowest BCUT2D eigenvalue weighted by Crippen LogP contribution is -2.21. The third-order valence-electron chi connectivity index (χ3n) is 2.56. The highest BCUT2D eigenvalue weighted by Crippen LogP contribution is 2.24. The van der Waals surface area contributed by atoms with Gasteiger partial charge in [0.15, 0.2) is 5.69 Å². The van der Waals surface area contributed by atoms with Crippen LogP contribution in [0.25, 0.3) is 0 Å². The van der Waals surface area contributed by atoms with E-state index in [2.05, 4.69) is 10.3 Å². The van der Waals surface area contributed by atoms with Crippen LogP contribution in [0, 0.1) is 10.1 Å². The lowest BCUT2D eigenvalue weighted by atomic mass is 10.2. The molecule has 96 valence electrons. The second-order valence-electron chi connectivity index (χ2n) is 3.83. The molecule has 2 rings (SSSR count). The van der Waals surface area contributed by atoms with Gasteiger partial charge in [0.25, 0.3) is 0 Å². The molecule has 0 radical (unpaired) electrons. The summed E-state index contributed by atoms with van der Waals surface area (Å²) in [6.45, 7) is 1.00. The smallest absolute Gasteiger partial charge is 0.354 e. The average Bonchev–Trinajstić information content (AvgIpc) is 2.81. The minimum Gasteiger partial charge on any atom is -0.477 e. The molecule has 0 bridgehead atoms.